The van der Waals surface area contributed by atoms with Gasteiger partial charge in [-0.1, -0.05) is 53.8 Å². The van der Waals surface area contributed by atoms with Gasteiger partial charge in [-0.25, -0.2) is 9.79 Å². The summed E-state index contributed by atoms with van der Waals surface area (Å²) in [6.45, 7) is 6.83. The van der Waals surface area contributed by atoms with Crippen LogP contribution in [0.4, 0.5) is 0 Å². The molecule has 0 N–H and O–H groups in total. The third-order valence-corrected chi connectivity index (χ3v) is 9.13. The van der Waals surface area contributed by atoms with Crippen molar-refractivity contribution in [2.75, 3.05) is 27.4 Å². The Morgan fingerprint density at radius 2 is 1.67 bits per heavy atom. The van der Waals surface area contributed by atoms with Crippen molar-refractivity contribution < 1.29 is 23.7 Å². The zero-order chi connectivity index (χ0) is 32.4. The molecule has 0 bridgehead atoms. The van der Waals surface area contributed by atoms with E-state index in [9.17, 15) is 9.59 Å². The molecule has 3 aromatic carbocycles. The van der Waals surface area contributed by atoms with Gasteiger partial charge in [-0.3, -0.25) is 9.36 Å². The molecule has 0 radical (unpaired) electrons. The largest absolute Gasteiger partial charge is 0.497 e. The molecule has 0 aliphatic carbocycles. The Morgan fingerprint density at radius 1 is 0.957 bits per heavy atom. The monoisotopic (exact) mass is 637 g/mol. The summed E-state index contributed by atoms with van der Waals surface area (Å²) in [5.41, 5.74) is 4.39. The molecule has 0 spiro atoms. The number of fused-ring (bicyclic) bond motifs is 2. The summed E-state index contributed by atoms with van der Waals surface area (Å²) >= 11 is 1.31. The molecule has 1 aliphatic heterocycles. The normalized spacial score (nSPS) is 14.6. The fraction of sp³-hybridized carbons (Fsp3) is 0.250. The number of hydrogen-bond acceptors (Lipinski definition) is 8. The van der Waals surface area contributed by atoms with Gasteiger partial charge < -0.3 is 23.5 Å². The van der Waals surface area contributed by atoms with E-state index in [2.05, 4.69) is 23.6 Å². The van der Waals surface area contributed by atoms with Gasteiger partial charge in [0.25, 0.3) is 5.56 Å². The molecule has 2 aromatic heterocycles. The van der Waals surface area contributed by atoms with E-state index in [1.807, 2.05) is 66.7 Å². The molecule has 0 saturated heterocycles. The SMILES string of the molecule is CCOC(=O)C1=C(C)N=c2s/c(=C/c3c(C)n(CCOc4ccccc4OC)c4ccccc34)c(=O)n2C1c1ccc(OC)cc1. The van der Waals surface area contributed by atoms with Crippen molar-refractivity contribution >= 4 is 34.3 Å². The molecule has 236 valence electrons. The summed E-state index contributed by atoms with van der Waals surface area (Å²) in [6.07, 6.45) is 1.94. The number of para-hydroxylation sites is 3. The molecule has 3 heterocycles. The standard InChI is InChI=1S/C36H35N3O6S/c1-6-44-35(41)32-22(2)37-36-39(33(32)24-15-17-25(42-4)18-16-24)34(40)31(46-36)21-27-23(3)38(28-12-8-7-11-26(27)28)19-20-45-30-14-10-9-13-29(30)43-5/h7-18,21,33H,6,19-20H2,1-5H3/b31-21+. The maximum atomic E-state index is 14.2. The molecule has 46 heavy (non-hydrogen) atoms. The first-order chi connectivity index (χ1) is 22.4. The van der Waals surface area contributed by atoms with Crippen molar-refractivity contribution in [1.82, 2.24) is 9.13 Å². The third-order valence-electron chi connectivity index (χ3n) is 8.15. The van der Waals surface area contributed by atoms with Crippen LogP contribution in [0.15, 0.2) is 93.9 Å². The summed E-state index contributed by atoms with van der Waals surface area (Å²) in [5.74, 6) is 1.55. The molecule has 5 aromatic rings. The number of esters is 1. The average molecular weight is 638 g/mol. The van der Waals surface area contributed by atoms with Crippen molar-refractivity contribution in [1.29, 1.82) is 0 Å². The topological polar surface area (TPSA) is 93.3 Å². The van der Waals surface area contributed by atoms with Crippen LogP contribution in [0.1, 0.15) is 36.7 Å². The van der Waals surface area contributed by atoms with E-state index in [-0.39, 0.29) is 12.2 Å². The molecule has 9 nitrogen and oxygen atoms in total. The number of aromatic nitrogens is 2. The van der Waals surface area contributed by atoms with Gasteiger partial charge >= 0.3 is 5.97 Å². The average Bonchev–Trinajstić information content (AvgIpc) is 3.52. The Hall–Kier alpha value is -5.09. The Kier molecular flexibility index (Phi) is 8.81. The molecule has 1 atom stereocenters. The van der Waals surface area contributed by atoms with E-state index in [4.69, 9.17) is 23.9 Å². The number of allylic oxidation sites excluding steroid dienone is 1. The lowest BCUT2D eigenvalue weighted by Crippen LogP contribution is -2.39. The molecule has 0 fully saturated rings. The number of nitrogens with zero attached hydrogens (tertiary/aromatic N) is 3. The van der Waals surface area contributed by atoms with Gasteiger partial charge in [0.1, 0.15) is 12.4 Å². The van der Waals surface area contributed by atoms with Gasteiger partial charge in [0, 0.05) is 22.2 Å². The van der Waals surface area contributed by atoms with Crippen LogP contribution in [0.3, 0.4) is 0 Å². The first-order valence-electron chi connectivity index (χ1n) is 15.0. The minimum Gasteiger partial charge on any atom is -0.497 e. The second-order valence-corrected chi connectivity index (χ2v) is 11.8. The Balaban J connectivity index is 1.44. The van der Waals surface area contributed by atoms with Crippen LogP contribution in [-0.2, 0) is 16.1 Å². The van der Waals surface area contributed by atoms with Gasteiger partial charge in [0.05, 0.1) is 49.2 Å². The van der Waals surface area contributed by atoms with Crippen molar-refractivity contribution in [3.05, 3.63) is 121 Å². The van der Waals surface area contributed by atoms with Gasteiger partial charge in [-0.05, 0) is 62.7 Å². The Labute approximate surface area is 270 Å². The van der Waals surface area contributed by atoms with Crippen molar-refractivity contribution in [2.45, 2.75) is 33.4 Å². The fourth-order valence-corrected chi connectivity index (χ4v) is 6.97. The molecule has 0 amide bonds. The lowest BCUT2D eigenvalue weighted by Gasteiger charge is -2.24. The van der Waals surface area contributed by atoms with E-state index in [0.717, 1.165) is 27.7 Å². The summed E-state index contributed by atoms with van der Waals surface area (Å²) in [5, 5.41) is 1.03. The number of rotatable bonds is 10. The zero-order valence-electron chi connectivity index (χ0n) is 26.4. The Bertz CT molecular complexity index is 2140. The number of methoxy groups -OCH3 is 2. The van der Waals surface area contributed by atoms with Crippen molar-refractivity contribution in [2.24, 2.45) is 4.99 Å². The highest BCUT2D eigenvalue weighted by Gasteiger charge is 2.33. The van der Waals surface area contributed by atoms with Crippen LogP contribution in [0.2, 0.25) is 0 Å². The molecular formula is C36H35N3O6S. The molecule has 0 saturated carbocycles. The number of ether oxygens (including phenoxy) is 4. The number of carbonyl (C=O) groups is 1. The lowest BCUT2D eigenvalue weighted by atomic mass is 9.96. The van der Waals surface area contributed by atoms with Crippen LogP contribution in [0, 0.1) is 6.92 Å². The molecule has 10 heteroatoms. The molecule has 1 unspecified atom stereocenters. The van der Waals surface area contributed by atoms with E-state index < -0.39 is 12.0 Å². The van der Waals surface area contributed by atoms with Gasteiger partial charge in [0.15, 0.2) is 16.3 Å². The van der Waals surface area contributed by atoms with Gasteiger partial charge in [-0.2, -0.15) is 0 Å². The summed E-state index contributed by atoms with van der Waals surface area (Å²) in [7, 11) is 3.22. The van der Waals surface area contributed by atoms with Crippen LogP contribution in [0.25, 0.3) is 17.0 Å². The maximum Gasteiger partial charge on any atom is 0.338 e. The quantitative estimate of drug-likeness (QED) is 0.197. The summed E-state index contributed by atoms with van der Waals surface area (Å²) < 4.78 is 26.6. The highest BCUT2D eigenvalue weighted by Crippen LogP contribution is 2.32. The maximum absolute atomic E-state index is 14.2. The number of hydrogen-bond donors (Lipinski definition) is 0. The third kappa shape index (κ3) is 5.60. The fourth-order valence-electron chi connectivity index (χ4n) is 5.94. The smallest absolute Gasteiger partial charge is 0.338 e. The van der Waals surface area contributed by atoms with E-state index >= 15 is 0 Å². The van der Waals surface area contributed by atoms with Crippen molar-refractivity contribution in [3.8, 4) is 17.2 Å². The minimum atomic E-state index is -0.696. The predicted molar refractivity (Wildman–Crippen MR) is 179 cm³/mol. The van der Waals surface area contributed by atoms with Crippen LogP contribution in [-0.4, -0.2) is 42.5 Å². The Morgan fingerprint density at radius 3 is 2.39 bits per heavy atom. The van der Waals surface area contributed by atoms with E-state index in [0.29, 0.717) is 51.0 Å². The van der Waals surface area contributed by atoms with Crippen LogP contribution in [0.5, 0.6) is 17.2 Å². The minimum absolute atomic E-state index is 0.211. The number of thiazole rings is 1. The van der Waals surface area contributed by atoms with Gasteiger partial charge in [0.2, 0.25) is 0 Å². The first kappa shape index (κ1) is 30.9. The molecule has 6 rings (SSSR count). The highest BCUT2D eigenvalue weighted by molar-refractivity contribution is 7.07. The second-order valence-electron chi connectivity index (χ2n) is 10.7. The van der Waals surface area contributed by atoms with Crippen molar-refractivity contribution in [3.63, 3.8) is 0 Å². The predicted octanol–water partition coefficient (Wildman–Crippen LogP) is 5.16. The summed E-state index contributed by atoms with van der Waals surface area (Å²) in [4.78, 5) is 32.7. The number of carbonyl (C=O) groups excluding carboxylic acids is 1. The summed E-state index contributed by atoms with van der Waals surface area (Å²) in [6, 6.07) is 22.4. The second kappa shape index (κ2) is 13.1. The zero-order valence-corrected chi connectivity index (χ0v) is 27.2. The van der Waals surface area contributed by atoms with Gasteiger partial charge in [-0.15, -0.1) is 0 Å². The molecule has 1 aliphatic rings. The number of benzene rings is 3. The van der Waals surface area contributed by atoms with E-state index in [1.54, 1.807) is 32.6 Å². The first-order valence-corrected chi connectivity index (χ1v) is 15.8. The van der Waals surface area contributed by atoms with E-state index in [1.165, 1.54) is 11.3 Å². The lowest BCUT2D eigenvalue weighted by molar-refractivity contribution is -0.139. The highest BCUT2D eigenvalue weighted by atomic mass is 32.1. The molecular weight excluding hydrogens is 602 g/mol. The van der Waals surface area contributed by atoms with Crippen LogP contribution < -0.4 is 29.1 Å². The van der Waals surface area contributed by atoms with Crippen LogP contribution >= 0.6 is 11.3 Å².